The van der Waals surface area contributed by atoms with Gasteiger partial charge in [-0.15, -0.1) is 0 Å². The Morgan fingerprint density at radius 3 is 2.58 bits per heavy atom. The van der Waals surface area contributed by atoms with Gasteiger partial charge in [-0.3, -0.25) is 4.68 Å². The number of carbonyl (C=O) groups is 2. The van der Waals surface area contributed by atoms with Crippen molar-refractivity contribution >= 4 is 23.6 Å². The van der Waals surface area contributed by atoms with Crippen molar-refractivity contribution in [2.45, 2.75) is 25.9 Å². The molecule has 0 aromatic carbocycles. The topological polar surface area (TPSA) is 128 Å². The Balaban J connectivity index is 0.000000260. The molecular weight excluding hydrogens is 338 g/mol. The maximum atomic E-state index is 9.55. The molecule has 0 saturated carbocycles. The number of methoxy groups -OCH3 is 1. The highest BCUT2D eigenvalue weighted by molar-refractivity contribution is 5.89. The summed E-state index contributed by atoms with van der Waals surface area (Å²) in [6.45, 7) is 2.73. The number of allylic oxidation sites excluding steroid dienone is 3. The fourth-order valence-corrected chi connectivity index (χ4v) is 2.70. The molecule has 26 heavy (non-hydrogen) atoms. The van der Waals surface area contributed by atoms with Crippen LogP contribution in [-0.4, -0.2) is 45.1 Å². The van der Waals surface area contributed by atoms with Crippen molar-refractivity contribution in [3.05, 3.63) is 52.4 Å². The third kappa shape index (κ3) is 4.48. The molecule has 4 N–H and O–H groups in total. The Morgan fingerprint density at radius 2 is 2.04 bits per heavy atom. The molecule has 2 aliphatic rings. The second-order valence-corrected chi connectivity index (χ2v) is 5.82. The van der Waals surface area contributed by atoms with Gasteiger partial charge in [-0.1, -0.05) is 6.08 Å². The summed E-state index contributed by atoms with van der Waals surface area (Å²) in [6.07, 6.45) is 10.3. The van der Waals surface area contributed by atoms with Crippen molar-refractivity contribution in [3.63, 3.8) is 0 Å². The third-order valence-electron chi connectivity index (χ3n) is 3.72. The van der Waals surface area contributed by atoms with Gasteiger partial charge in [0.1, 0.15) is 5.76 Å². The van der Waals surface area contributed by atoms with Crippen LogP contribution in [0.5, 0.6) is 0 Å². The van der Waals surface area contributed by atoms with Crippen molar-refractivity contribution in [3.8, 4) is 0 Å². The van der Waals surface area contributed by atoms with Gasteiger partial charge in [0.2, 0.25) is 0 Å². The number of carboxylic acid groups (broad SMARTS) is 2. The van der Waals surface area contributed by atoms with E-state index in [1.165, 1.54) is 16.4 Å². The molecule has 0 aliphatic heterocycles. The van der Waals surface area contributed by atoms with E-state index in [0.717, 1.165) is 24.1 Å². The number of ether oxygens (including phenoxy) is 1. The Kier molecular flexibility index (Phi) is 6.13. The molecule has 0 radical (unpaired) electrons. The Morgan fingerprint density at radius 1 is 1.38 bits per heavy atom. The van der Waals surface area contributed by atoms with E-state index < -0.39 is 11.9 Å². The first-order chi connectivity index (χ1) is 12.3. The van der Waals surface area contributed by atoms with Crippen LogP contribution in [0.1, 0.15) is 13.3 Å². The summed E-state index contributed by atoms with van der Waals surface area (Å²) in [4.78, 5) is 19.1. The van der Waals surface area contributed by atoms with E-state index in [0.29, 0.717) is 12.2 Å². The van der Waals surface area contributed by atoms with Crippen molar-refractivity contribution < 1.29 is 24.5 Å². The number of nitrogens with zero attached hydrogens (tertiary/aromatic N) is 2. The molecule has 1 aromatic rings. The van der Waals surface area contributed by atoms with Crippen molar-refractivity contribution in [2.24, 2.45) is 5.73 Å². The van der Waals surface area contributed by atoms with Crippen molar-refractivity contribution in [1.29, 1.82) is 0 Å². The van der Waals surface area contributed by atoms with Crippen LogP contribution in [0.15, 0.2) is 41.8 Å². The summed E-state index contributed by atoms with van der Waals surface area (Å²) in [5.74, 6) is -1.58. The molecule has 8 nitrogen and oxygen atoms in total. The molecule has 0 fully saturated rings. The van der Waals surface area contributed by atoms with Crippen molar-refractivity contribution in [1.82, 2.24) is 9.78 Å². The highest BCUT2D eigenvalue weighted by Crippen LogP contribution is 2.27. The van der Waals surface area contributed by atoms with Crippen LogP contribution in [0.25, 0.3) is 11.6 Å². The van der Waals surface area contributed by atoms with E-state index in [4.69, 9.17) is 20.7 Å². The number of fused-ring (bicyclic) bond motifs is 2. The summed E-state index contributed by atoms with van der Waals surface area (Å²) in [5, 5.41) is 22.4. The Bertz CT molecular complexity index is 903. The van der Waals surface area contributed by atoms with Crippen molar-refractivity contribution in [2.75, 3.05) is 7.11 Å². The molecular formula is C18H21N3O5. The maximum absolute atomic E-state index is 9.55. The van der Waals surface area contributed by atoms with E-state index in [-0.39, 0.29) is 6.04 Å². The van der Waals surface area contributed by atoms with Crippen LogP contribution in [0.4, 0.5) is 0 Å². The molecule has 0 amide bonds. The summed E-state index contributed by atoms with van der Waals surface area (Å²) < 4.78 is 7.39. The summed E-state index contributed by atoms with van der Waals surface area (Å²) in [6, 6.07) is 0.101. The van der Waals surface area contributed by atoms with Gasteiger partial charge in [0.25, 0.3) is 0 Å². The average Bonchev–Trinajstić information content (AvgIpc) is 3.13. The lowest BCUT2D eigenvalue weighted by molar-refractivity contribution is -0.134. The zero-order valence-electron chi connectivity index (χ0n) is 14.5. The third-order valence-corrected chi connectivity index (χ3v) is 3.72. The monoisotopic (exact) mass is 359 g/mol. The molecule has 1 heterocycles. The minimum absolute atomic E-state index is 0.101. The highest BCUT2D eigenvalue weighted by atomic mass is 16.5. The molecule has 0 saturated heterocycles. The number of nitrogens with two attached hydrogens (primary N) is 1. The second kappa shape index (κ2) is 8.30. The highest BCUT2D eigenvalue weighted by Gasteiger charge is 2.20. The minimum atomic E-state index is -1.26. The van der Waals surface area contributed by atoms with Crippen LogP contribution < -0.4 is 16.3 Å². The normalized spacial score (nSPS) is 15.7. The van der Waals surface area contributed by atoms with Gasteiger partial charge in [-0.2, -0.15) is 5.10 Å². The lowest BCUT2D eigenvalue weighted by atomic mass is 9.99. The molecule has 138 valence electrons. The first-order valence-electron chi connectivity index (χ1n) is 7.95. The second-order valence-electron chi connectivity index (χ2n) is 5.82. The molecule has 2 aliphatic carbocycles. The lowest BCUT2D eigenvalue weighted by Gasteiger charge is -2.12. The number of hydrogen-bond donors (Lipinski definition) is 3. The zero-order valence-corrected chi connectivity index (χ0v) is 14.5. The van der Waals surface area contributed by atoms with Gasteiger partial charge in [0.15, 0.2) is 0 Å². The zero-order chi connectivity index (χ0) is 19.3. The van der Waals surface area contributed by atoms with Gasteiger partial charge in [0.05, 0.1) is 25.2 Å². The van der Waals surface area contributed by atoms with E-state index in [1.807, 2.05) is 23.9 Å². The van der Waals surface area contributed by atoms with Crippen LogP contribution in [0.2, 0.25) is 0 Å². The SMILES string of the molecule is COC1=C2C=c3c(cnn3C[C@H](C)N)=C2CC=C1.O=C(O)/C=C/C(=O)O. The number of aromatic nitrogens is 2. The Labute approximate surface area is 149 Å². The first kappa shape index (κ1) is 19.2. The van der Waals surface area contributed by atoms with Gasteiger partial charge < -0.3 is 20.7 Å². The van der Waals surface area contributed by atoms with Gasteiger partial charge in [-0.05, 0) is 31.1 Å². The van der Waals surface area contributed by atoms with Crippen LogP contribution in [-0.2, 0) is 20.9 Å². The fraction of sp³-hybridized carbons (Fsp3) is 0.278. The Hall–Kier alpha value is -3.13. The molecule has 0 spiro atoms. The van der Waals surface area contributed by atoms with Crippen LogP contribution in [0, 0.1) is 0 Å². The average molecular weight is 359 g/mol. The number of rotatable bonds is 5. The number of carboxylic acids is 2. The van der Waals surface area contributed by atoms with Gasteiger partial charge >= 0.3 is 11.9 Å². The largest absolute Gasteiger partial charge is 0.496 e. The number of aliphatic carboxylic acids is 2. The van der Waals surface area contributed by atoms with E-state index in [2.05, 4.69) is 17.3 Å². The number of hydrogen-bond acceptors (Lipinski definition) is 5. The molecule has 3 rings (SSSR count). The first-order valence-corrected chi connectivity index (χ1v) is 7.95. The summed E-state index contributed by atoms with van der Waals surface area (Å²) >= 11 is 0. The van der Waals surface area contributed by atoms with Crippen LogP contribution in [0.3, 0.4) is 0 Å². The predicted octanol–water partition coefficient (Wildman–Crippen LogP) is -0.253. The maximum Gasteiger partial charge on any atom is 0.328 e. The van der Waals surface area contributed by atoms with Gasteiger partial charge in [0, 0.05) is 29.0 Å². The molecule has 0 unspecified atom stereocenters. The summed E-state index contributed by atoms with van der Waals surface area (Å²) in [5.41, 5.74) is 8.34. The van der Waals surface area contributed by atoms with Gasteiger partial charge in [-0.25, -0.2) is 9.59 Å². The molecule has 1 aromatic heterocycles. The molecule has 1 atom stereocenters. The quantitative estimate of drug-likeness (QED) is 0.618. The van der Waals surface area contributed by atoms with Crippen LogP contribution >= 0.6 is 0 Å². The smallest absolute Gasteiger partial charge is 0.328 e. The minimum Gasteiger partial charge on any atom is -0.496 e. The summed E-state index contributed by atoms with van der Waals surface area (Å²) in [7, 11) is 1.71. The molecule has 0 bridgehead atoms. The predicted molar refractivity (Wildman–Crippen MR) is 95.2 cm³/mol. The standard InChI is InChI=1S/C14H17N3O.C4H4O4/c1-9(15)8-17-13-6-11-10(12(13)7-16-17)4-3-5-14(11)18-2;5-3(6)1-2-4(7)8/h3,5-7,9H,4,8,15H2,1-2H3;1-2H,(H,5,6)(H,7,8)/b;2-1+/t9-;/m0./s1. The lowest BCUT2D eigenvalue weighted by Crippen LogP contribution is -2.33. The van der Waals surface area contributed by atoms with E-state index >= 15 is 0 Å². The van der Waals surface area contributed by atoms with E-state index in [1.54, 1.807) is 7.11 Å². The molecule has 8 heteroatoms. The van der Waals surface area contributed by atoms with E-state index in [9.17, 15) is 9.59 Å². The fourth-order valence-electron chi connectivity index (χ4n) is 2.70.